The van der Waals surface area contributed by atoms with Crippen LogP contribution in [0, 0.1) is 10.1 Å². The number of amides is 1. The first kappa shape index (κ1) is 14.4. The van der Waals surface area contributed by atoms with Crippen LogP contribution in [0.3, 0.4) is 0 Å². The Morgan fingerprint density at radius 3 is 2.80 bits per heavy atom. The van der Waals surface area contributed by atoms with E-state index in [4.69, 9.17) is 0 Å². The van der Waals surface area contributed by atoms with Gasteiger partial charge in [-0.15, -0.1) is 0 Å². The number of carboxylic acids is 1. The SMILES string of the molecule is CCC1(C(=O)O)CCCN1C(=O)c1csc([N+](=O)[O-])c1. The summed E-state index contributed by atoms with van der Waals surface area (Å²) in [6, 6.07) is 1.20. The number of likely N-dealkylation sites (tertiary alicyclic amines) is 1. The molecule has 1 saturated heterocycles. The van der Waals surface area contributed by atoms with E-state index in [0.717, 1.165) is 11.3 Å². The summed E-state index contributed by atoms with van der Waals surface area (Å²) in [4.78, 5) is 35.3. The van der Waals surface area contributed by atoms with Crippen molar-refractivity contribution in [3.63, 3.8) is 0 Å². The number of carbonyl (C=O) groups is 2. The zero-order valence-corrected chi connectivity index (χ0v) is 11.7. The van der Waals surface area contributed by atoms with E-state index >= 15 is 0 Å². The zero-order chi connectivity index (χ0) is 14.9. The van der Waals surface area contributed by atoms with Gasteiger partial charge in [0.15, 0.2) is 0 Å². The van der Waals surface area contributed by atoms with E-state index in [0.29, 0.717) is 25.8 Å². The minimum atomic E-state index is -1.19. The van der Waals surface area contributed by atoms with Crippen LogP contribution in [0.25, 0.3) is 0 Å². The highest BCUT2D eigenvalue weighted by Gasteiger charge is 2.48. The lowest BCUT2D eigenvalue weighted by Gasteiger charge is -2.33. The second kappa shape index (κ2) is 5.20. The van der Waals surface area contributed by atoms with Crippen molar-refractivity contribution in [2.45, 2.75) is 31.7 Å². The number of thiophene rings is 1. The Morgan fingerprint density at radius 2 is 2.30 bits per heavy atom. The van der Waals surface area contributed by atoms with E-state index in [1.54, 1.807) is 6.92 Å². The molecule has 20 heavy (non-hydrogen) atoms. The van der Waals surface area contributed by atoms with Crippen molar-refractivity contribution in [2.75, 3.05) is 6.54 Å². The lowest BCUT2D eigenvalue weighted by molar-refractivity contribution is -0.380. The van der Waals surface area contributed by atoms with E-state index in [2.05, 4.69) is 0 Å². The maximum Gasteiger partial charge on any atom is 0.329 e. The molecular formula is C12H14N2O5S. The fourth-order valence-electron chi connectivity index (χ4n) is 2.60. The van der Waals surface area contributed by atoms with Gasteiger partial charge in [0.2, 0.25) is 0 Å². The van der Waals surface area contributed by atoms with Crippen LogP contribution in [0.1, 0.15) is 36.5 Å². The molecule has 7 nitrogen and oxygen atoms in total. The monoisotopic (exact) mass is 298 g/mol. The van der Waals surface area contributed by atoms with Gasteiger partial charge in [-0.25, -0.2) is 4.79 Å². The van der Waals surface area contributed by atoms with E-state index in [1.165, 1.54) is 16.3 Å². The fraction of sp³-hybridized carbons (Fsp3) is 0.500. The molecule has 1 amide bonds. The van der Waals surface area contributed by atoms with Crippen LogP contribution in [0.2, 0.25) is 0 Å². The molecule has 1 aromatic heterocycles. The normalized spacial score (nSPS) is 21.9. The number of rotatable bonds is 4. The molecule has 0 aromatic carbocycles. The van der Waals surface area contributed by atoms with Gasteiger partial charge in [-0.05, 0) is 19.3 Å². The average Bonchev–Trinajstić information content (AvgIpc) is 3.05. The quantitative estimate of drug-likeness (QED) is 0.677. The smallest absolute Gasteiger partial charge is 0.329 e. The fourth-order valence-corrected chi connectivity index (χ4v) is 3.30. The number of aliphatic carboxylic acids is 1. The second-order valence-corrected chi connectivity index (χ2v) is 5.57. The Hall–Kier alpha value is -1.96. The Labute approximate surface area is 119 Å². The summed E-state index contributed by atoms with van der Waals surface area (Å²) in [5.41, 5.74) is -1.00. The van der Waals surface area contributed by atoms with Crippen molar-refractivity contribution in [1.82, 2.24) is 4.90 Å². The standard InChI is InChI=1S/C12H14N2O5S/c1-2-12(11(16)17)4-3-5-13(12)10(15)8-6-9(14(18)19)20-7-8/h6-7H,2-5H2,1H3,(H,16,17). The topological polar surface area (TPSA) is 101 Å². The van der Waals surface area contributed by atoms with Gasteiger partial charge in [0, 0.05) is 18.0 Å². The van der Waals surface area contributed by atoms with Gasteiger partial charge in [0.25, 0.3) is 5.91 Å². The van der Waals surface area contributed by atoms with Gasteiger partial charge in [-0.2, -0.15) is 0 Å². The molecule has 0 radical (unpaired) electrons. The number of hydrogen-bond acceptors (Lipinski definition) is 5. The second-order valence-electron chi connectivity index (χ2n) is 4.68. The number of nitro groups is 1. The first-order valence-corrected chi connectivity index (χ1v) is 7.08. The van der Waals surface area contributed by atoms with Crippen molar-refractivity contribution < 1.29 is 19.6 Å². The van der Waals surface area contributed by atoms with Crippen molar-refractivity contribution in [3.8, 4) is 0 Å². The van der Waals surface area contributed by atoms with Gasteiger partial charge in [-0.1, -0.05) is 18.3 Å². The minimum absolute atomic E-state index is 0.120. The van der Waals surface area contributed by atoms with Crippen molar-refractivity contribution >= 4 is 28.2 Å². The molecule has 1 aliphatic heterocycles. The minimum Gasteiger partial charge on any atom is -0.479 e. The Bertz CT molecular complexity index is 570. The predicted molar refractivity (Wildman–Crippen MR) is 71.9 cm³/mol. The summed E-state index contributed by atoms with van der Waals surface area (Å²) in [5, 5.41) is 21.4. The summed E-state index contributed by atoms with van der Waals surface area (Å²) in [6.45, 7) is 2.10. The van der Waals surface area contributed by atoms with Crippen LogP contribution < -0.4 is 0 Å². The lowest BCUT2D eigenvalue weighted by atomic mass is 9.92. The summed E-state index contributed by atoms with van der Waals surface area (Å²) in [6.07, 6.45) is 1.36. The molecule has 0 bridgehead atoms. The van der Waals surface area contributed by atoms with Crippen LogP contribution in [0.4, 0.5) is 5.00 Å². The molecule has 1 fully saturated rings. The molecule has 1 aromatic rings. The third-order valence-corrected chi connectivity index (χ3v) is 4.61. The van der Waals surface area contributed by atoms with Gasteiger partial charge < -0.3 is 10.0 Å². The molecule has 1 unspecified atom stereocenters. The zero-order valence-electron chi connectivity index (χ0n) is 10.9. The highest BCUT2D eigenvalue weighted by molar-refractivity contribution is 7.13. The van der Waals surface area contributed by atoms with Gasteiger partial charge in [-0.3, -0.25) is 14.9 Å². The average molecular weight is 298 g/mol. The van der Waals surface area contributed by atoms with E-state index in [1.807, 2.05) is 0 Å². The largest absolute Gasteiger partial charge is 0.479 e. The molecule has 1 atom stereocenters. The molecule has 108 valence electrons. The van der Waals surface area contributed by atoms with E-state index in [-0.39, 0.29) is 10.6 Å². The van der Waals surface area contributed by atoms with Crippen LogP contribution in [0.15, 0.2) is 11.4 Å². The van der Waals surface area contributed by atoms with Gasteiger partial charge >= 0.3 is 11.0 Å². The van der Waals surface area contributed by atoms with E-state index in [9.17, 15) is 24.8 Å². The number of nitrogens with zero attached hydrogens (tertiary/aromatic N) is 2. The summed E-state index contributed by atoms with van der Waals surface area (Å²) >= 11 is 0.867. The molecule has 2 rings (SSSR count). The Kier molecular flexibility index (Phi) is 3.76. The highest BCUT2D eigenvalue weighted by Crippen LogP contribution is 2.35. The number of carboxylic acid groups (broad SMARTS) is 1. The van der Waals surface area contributed by atoms with Gasteiger partial charge in [0.1, 0.15) is 5.54 Å². The molecular weight excluding hydrogens is 284 g/mol. The Balaban J connectivity index is 2.31. The summed E-state index contributed by atoms with van der Waals surface area (Å²) in [7, 11) is 0. The lowest BCUT2D eigenvalue weighted by Crippen LogP contribution is -2.52. The first-order chi connectivity index (χ1) is 9.42. The molecule has 0 aliphatic carbocycles. The first-order valence-electron chi connectivity index (χ1n) is 6.20. The molecule has 1 N–H and O–H groups in total. The summed E-state index contributed by atoms with van der Waals surface area (Å²) < 4.78 is 0. The molecule has 0 saturated carbocycles. The van der Waals surface area contributed by atoms with Crippen LogP contribution in [0.5, 0.6) is 0 Å². The molecule has 8 heteroatoms. The van der Waals surface area contributed by atoms with Crippen LogP contribution >= 0.6 is 11.3 Å². The third-order valence-electron chi connectivity index (χ3n) is 3.73. The van der Waals surface area contributed by atoms with Crippen molar-refractivity contribution in [1.29, 1.82) is 0 Å². The van der Waals surface area contributed by atoms with Crippen molar-refractivity contribution in [2.24, 2.45) is 0 Å². The Morgan fingerprint density at radius 1 is 1.60 bits per heavy atom. The highest BCUT2D eigenvalue weighted by atomic mass is 32.1. The maximum absolute atomic E-state index is 12.4. The maximum atomic E-state index is 12.4. The number of hydrogen-bond donors (Lipinski definition) is 1. The van der Waals surface area contributed by atoms with Crippen LogP contribution in [-0.4, -0.2) is 38.9 Å². The molecule has 2 heterocycles. The van der Waals surface area contributed by atoms with E-state index < -0.39 is 22.3 Å². The predicted octanol–water partition coefficient (Wildman–Crippen LogP) is 2.13. The molecule has 1 aliphatic rings. The van der Waals surface area contributed by atoms with Gasteiger partial charge in [0.05, 0.1) is 10.5 Å². The third kappa shape index (κ3) is 2.15. The number of carbonyl (C=O) groups excluding carboxylic acids is 1. The summed E-state index contributed by atoms with van der Waals surface area (Å²) in [5.74, 6) is -1.47. The molecule has 0 spiro atoms. The van der Waals surface area contributed by atoms with Crippen LogP contribution in [-0.2, 0) is 4.79 Å². The van der Waals surface area contributed by atoms with Crippen molar-refractivity contribution in [3.05, 3.63) is 27.1 Å².